The van der Waals surface area contributed by atoms with Crippen LogP contribution >= 0.6 is 0 Å². The topological polar surface area (TPSA) is 84.9 Å². The van der Waals surface area contributed by atoms with Gasteiger partial charge in [0.2, 0.25) is 0 Å². The van der Waals surface area contributed by atoms with Crippen LogP contribution in [-0.2, 0) is 14.3 Å². The van der Waals surface area contributed by atoms with Crippen LogP contribution in [0.2, 0.25) is 0 Å². The average Bonchev–Trinajstić information content (AvgIpc) is 3.38. The van der Waals surface area contributed by atoms with Gasteiger partial charge in [-0.05, 0) is 63.6 Å². The third kappa shape index (κ3) is 5.30. The molecule has 1 saturated heterocycles. The maximum Gasteiger partial charge on any atom is 0.335 e. The normalized spacial score (nSPS) is 24.3. The quantitative estimate of drug-likeness (QED) is 0.744. The summed E-state index contributed by atoms with van der Waals surface area (Å²) < 4.78 is 11.1. The first-order valence-electron chi connectivity index (χ1n) is 9.64. The van der Waals surface area contributed by atoms with Crippen LogP contribution in [0.25, 0.3) is 0 Å². The summed E-state index contributed by atoms with van der Waals surface area (Å²) in [5.41, 5.74) is 0.773. The number of nitrogens with one attached hydrogen (secondary N) is 1. The minimum atomic E-state index is -0.921. The van der Waals surface area contributed by atoms with Gasteiger partial charge < -0.3 is 19.9 Å². The molecule has 3 rings (SSSR count). The number of hydrogen-bond donors (Lipinski definition) is 2. The van der Waals surface area contributed by atoms with E-state index in [0.717, 1.165) is 24.8 Å². The number of esters is 1. The molecule has 0 bridgehead atoms. The summed E-state index contributed by atoms with van der Waals surface area (Å²) in [4.78, 5) is 24.0. The van der Waals surface area contributed by atoms with Crippen molar-refractivity contribution in [2.24, 2.45) is 5.92 Å². The summed E-state index contributed by atoms with van der Waals surface area (Å²) in [7, 11) is 0. The lowest BCUT2D eigenvalue weighted by Gasteiger charge is -2.32. The van der Waals surface area contributed by atoms with Crippen LogP contribution < -0.4 is 5.32 Å². The second kappa shape index (κ2) is 7.98. The monoisotopic (exact) mass is 375 g/mol. The van der Waals surface area contributed by atoms with E-state index in [1.165, 1.54) is 0 Å². The molecule has 1 aliphatic carbocycles. The largest absolute Gasteiger partial charge is 0.478 e. The Balaban J connectivity index is 1.68. The first-order chi connectivity index (χ1) is 12.7. The zero-order valence-corrected chi connectivity index (χ0v) is 16.2. The molecule has 1 heterocycles. The van der Waals surface area contributed by atoms with Gasteiger partial charge in [0.05, 0.1) is 5.56 Å². The van der Waals surface area contributed by atoms with Crippen LogP contribution in [0.15, 0.2) is 24.3 Å². The fraction of sp³-hybridized carbons (Fsp3) is 0.619. The first kappa shape index (κ1) is 19.8. The Morgan fingerprint density at radius 3 is 2.59 bits per heavy atom. The fourth-order valence-electron chi connectivity index (χ4n) is 3.69. The van der Waals surface area contributed by atoms with E-state index in [1.807, 2.05) is 26.8 Å². The predicted molar refractivity (Wildman–Crippen MR) is 101 cm³/mol. The molecule has 1 aromatic rings. The van der Waals surface area contributed by atoms with Crippen molar-refractivity contribution in [2.45, 2.75) is 63.6 Å². The van der Waals surface area contributed by atoms with E-state index in [0.29, 0.717) is 18.8 Å². The fourth-order valence-corrected chi connectivity index (χ4v) is 3.69. The number of aromatic carboxylic acids is 1. The molecule has 0 radical (unpaired) electrons. The van der Waals surface area contributed by atoms with Gasteiger partial charge in [0.25, 0.3) is 0 Å². The number of benzene rings is 1. The van der Waals surface area contributed by atoms with Crippen LogP contribution in [0.4, 0.5) is 0 Å². The maximum atomic E-state index is 12.8. The molecule has 2 fully saturated rings. The van der Waals surface area contributed by atoms with E-state index in [1.54, 1.807) is 18.2 Å². The van der Waals surface area contributed by atoms with Crippen LogP contribution in [0.5, 0.6) is 0 Å². The Labute approximate surface area is 160 Å². The van der Waals surface area contributed by atoms with Gasteiger partial charge in [-0.2, -0.15) is 0 Å². The summed E-state index contributed by atoms with van der Waals surface area (Å²) in [5, 5.41) is 12.7. The maximum absolute atomic E-state index is 12.8. The van der Waals surface area contributed by atoms with Crippen molar-refractivity contribution >= 4 is 11.9 Å². The van der Waals surface area contributed by atoms with Crippen LogP contribution in [0, 0.1) is 5.92 Å². The molecule has 148 valence electrons. The molecule has 2 N–H and O–H groups in total. The highest BCUT2D eigenvalue weighted by molar-refractivity contribution is 5.87. The molecule has 3 atom stereocenters. The van der Waals surface area contributed by atoms with E-state index in [-0.39, 0.29) is 29.9 Å². The molecule has 1 aromatic carbocycles. The number of hydrogen-bond acceptors (Lipinski definition) is 5. The van der Waals surface area contributed by atoms with Crippen molar-refractivity contribution in [3.63, 3.8) is 0 Å². The number of rotatable bonds is 6. The molecule has 6 heteroatoms. The van der Waals surface area contributed by atoms with Crippen LogP contribution in [0.1, 0.15) is 61.9 Å². The number of carboxylic acid groups (broad SMARTS) is 1. The standard InChI is InChI=1S/C21H29NO5/c1-21(2,3)27-20(25)18(13-7-9-26-10-8-13)22-17-12-16(17)14-5-4-6-15(11-14)19(23)24/h4-6,11,13,16-18,22H,7-10,12H2,1-3H3,(H,23,24)/t16-,17+,18?/m0/s1. The molecule has 1 saturated carbocycles. The summed E-state index contributed by atoms with van der Waals surface area (Å²) >= 11 is 0. The SMILES string of the molecule is CC(C)(C)OC(=O)C(N[C@@H]1C[C@H]1c1cccc(C(=O)O)c1)C1CCOCC1. The van der Waals surface area contributed by atoms with Gasteiger partial charge in [-0.1, -0.05) is 12.1 Å². The highest BCUT2D eigenvalue weighted by atomic mass is 16.6. The second-order valence-electron chi connectivity index (χ2n) is 8.51. The van der Waals surface area contributed by atoms with Gasteiger partial charge in [0.15, 0.2) is 0 Å². The van der Waals surface area contributed by atoms with Gasteiger partial charge in [-0.25, -0.2) is 4.79 Å². The number of carboxylic acids is 1. The second-order valence-corrected chi connectivity index (χ2v) is 8.51. The third-order valence-corrected chi connectivity index (χ3v) is 5.14. The van der Waals surface area contributed by atoms with Crippen LogP contribution in [-0.4, -0.2) is 47.9 Å². The number of carbonyl (C=O) groups excluding carboxylic acids is 1. The van der Waals surface area contributed by atoms with Gasteiger partial charge >= 0.3 is 11.9 Å². The van der Waals surface area contributed by atoms with Crippen molar-refractivity contribution in [2.75, 3.05) is 13.2 Å². The van der Waals surface area contributed by atoms with Crippen molar-refractivity contribution in [1.82, 2.24) is 5.32 Å². The third-order valence-electron chi connectivity index (χ3n) is 5.14. The van der Waals surface area contributed by atoms with E-state index >= 15 is 0 Å². The highest BCUT2D eigenvalue weighted by Crippen LogP contribution is 2.42. The minimum Gasteiger partial charge on any atom is -0.478 e. The Hall–Kier alpha value is -1.92. The molecule has 0 spiro atoms. The first-order valence-corrected chi connectivity index (χ1v) is 9.64. The Bertz CT molecular complexity index is 690. The molecule has 1 aliphatic heterocycles. The minimum absolute atomic E-state index is 0.161. The zero-order valence-electron chi connectivity index (χ0n) is 16.2. The molecule has 2 aliphatic rings. The molecule has 0 aromatic heterocycles. The number of ether oxygens (including phenoxy) is 2. The van der Waals surface area contributed by atoms with Crippen molar-refractivity contribution in [1.29, 1.82) is 0 Å². The lowest BCUT2D eigenvalue weighted by molar-refractivity contribution is -0.160. The summed E-state index contributed by atoms with van der Waals surface area (Å²) in [6.45, 7) is 6.97. The number of carbonyl (C=O) groups is 2. The summed E-state index contributed by atoms with van der Waals surface area (Å²) in [5.74, 6) is -0.704. The molecule has 0 amide bonds. The summed E-state index contributed by atoms with van der Waals surface area (Å²) in [6, 6.07) is 6.86. The Kier molecular flexibility index (Phi) is 5.86. The van der Waals surface area contributed by atoms with Gasteiger partial charge in [0.1, 0.15) is 11.6 Å². The Morgan fingerprint density at radius 2 is 1.96 bits per heavy atom. The van der Waals surface area contributed by atoms with Crippen molar-refractivity contribution in [3.05, 3.63) is 35.4 Å². The Morgan fingerprint density at radius 1 is 1.26 bits per heavy atom. The van der Waals surface area contributed by atoms with Gasteiger partial charge in [0, 0.05) is 25.2 Å². The molecular weight excluding hydrogens is 346 g/mol. The van der Waals surface area contributed by atoms with Crippen molar-refractivity contribution in [3.8, 4) is 0 Å². The smallest absolute Gasteiger partial charge is 0.335 e. The van der Waals surface area contributed by atoms with Crippen LogP contribution in [0.3, 0.4) is 0 Å². The lowest BCUT2D eigenvalue weighted by Crippen LogP contribution is -2.48. The molecule has 1 unspecified atom stereocenters. The lowest BCUT2D eigenvalue weighted by atomic mass is 9.91. The molecular formula is C21H29NO5. The van der Waals surface area contributed by atoms with Gasteiger partial charge in [-0.15, -0.1) is 0 Å². The van der Waals surface area contributed by atoms with E-state index in [9.17, 15) is 14.7 Å². The molecule has 27 heavy (non-hydrogen) atoms. The summed E-state index contributed by atoms with van der Waals surface area (Å²) in [6.07, 6.45) is 2.57. The van der Waals surface area contributed by atoms with E-state index < -0.39 is 11.6 Å². The zero-order chi connectivity index (χ0) is 19.6. The molecule has 6 nitrogen and oxygen atoms in total. The predicted octanol–water partition coefficient (Wildman–Crippen LogP) is 2.97. The van der Waals surface area contributed by atoms with Crippen molar-refractivity contribution < 1.29 is 24.2 Å². The van der Waals surface area contributed by atoms with Gasteiger partial charge in [-0.3, -0.25) is 4.79 Å². The van der Waals surface area contributed by atoms with E-state index in [2.05, 4.69) is 5.32 Å². The highest BCUT2D eigenvalue weighted by Gasteiger charge is 2.43. The average molecular weight is 375 g/mol. The van der Waals surface area contributed by atoms with E-state index in [4.69, 9.17) is 9.47 Å².